The second kappa shape index (κ2) is 8.61. The van der Waals surface area contributed by atoms with E-state index in [1.807, 2.05) is 0 Å². The molecule has 0 aliphatic carbocycles. The molecule has 0 fully saturated rings. The molecule has 1 aromatic carbocycles. The fourth-order valence-electron chi connectivity index (χ4n) is 1.65. The molecule has 1 amide bonds. The van der Waals surface area contributed by atoms with Gasteiger partial charge in [0.2, 0.25) is 0 Å². The number of rotatable bonds is 5. The first-order valence-corrected chi connectivity index (χ1v) is 8.64. The van der Waals surface area contributed by atoms with Crippen LogP contribution in [-0.2, 0) is 6.18 Å². The summed E-state index contributed by atoms with van der Waals surface area (Å²) in [5.74, 6) is -0.380. The average molecular weight is 423 g/mol. The molecule has 3 N–H and O–H groups in total. The largest absolute Gasteiger partial charge is 0.417 e. The normalized spacial score (nSPS) is 12.1. The Morgan fingerprint density at radius 2 is 1.92 bits per heavy atom. The number of pyridine rings is 1. The minimum atomic E-state index is -4.52. The highest BCUT2D eigenvalue weighted by molar-refractivity contribution is 8.00. The van der Waals surface area contributed by atoms with Crippen LogP contribution in [0.5, 0.6) is 0 Å². The van der Waals surface area contributed by atoms with Crippen LogP contribution in [-0.4, -0.2) is 22.5 Å². The lowest BCUT2D eigenvalue weighted by Crippen LogP contribution is -2.24. The topological polar surface area (TPSA) is 80.4 Å². The van der Waals surface area contributed by atoms with Crippen LogP contribution in [0.4, 0.5) is 13.2 Å². The van der Waals surface area contributed by atoms with Gasteiger partial charge >= 0.3 is 6.18 Å². The van der Waals surface area contributed by atoms with E-state index in [4.69, 9.17) is 28.9 Å². The van der Waals surface area contributed by atoms with Gasteiger partial charge in [-0.2, -0.15) is 18.3 Å². The number of nitrogens with one attached hydrogen (secondary N) is 1. The van der Waals surface area contributed by atoms with Crippen molar-refractivity contribution in [1.82, 2.24) is 10.4 Å². The first-order chi connectivity index (χ1) is 12.2. The van der Waals surface area contributed by atoms with Crippen molar-refractivity contribution in [3.63, 3.8) is 0 Å². The summed E-state index contributed by atoms with van der Waals surface area (Å²) in [6.45, 7) is 0. The van der Waals surface area contributed by atoms with Gasteiger partial charge in [-0.3, -0.25) is 4.79 Å². The van der Waals surface area contributed by atoms with E-state index in [1.54, 1.807) is 12.1 Å². The second-order valence-corrected chi connectivity index (χ2v) is 6.66. The summed E-state index contributed by atoms with van der Waals surface area (Å²) in [5.41, 5.74) is 7.33. The lowest BCUT2D eigenvalue weighted by molar-refractivity contribution is -0.137. The standard InChI is InChI=1S/C15H11Cl2F3N4OS/c16-10-3-1-8(2-4-10)13(25)24-23-12(21)7-26-14-11(17)5-9(6-22-14)15(18,19)20/h1-6H,7H2,(H2,21,23)(H,24,25). The van der Waals surface area contributed by atoms with Crippen LogP contribution in [0.1, 0.15) is 15.9 Å². The molecule has 0 aliphatic rings. The second-order valence-electron chi connectivity index (χ2n) is 4.85. The van der Waals surface area contributed by atoms with Gasteiger partial charge in [-0.05, 0) is 30.3 Å². The van der Waals surface area contributed by atoms with Crippen LogP contribution in [0.25, 0.3) is 0 Å². The Morgan fingerprint density at radius 1 is 1.27 bits per heavy atom. The van der Waals surface area contributed by atoms with E-state index in [2.05, 4.69) is 15.5 Å². The lowest BCUT2D eigenvalue weighted by atomic mass is 10.2. The van der Waals surface area contributed by atoms with Crippen molar-refractivity contribution in [3.8, 4) is 0 Å². The third kappa shape index (κ3) is 5.79. The Kier molecular flexibility index (Phi) is 6.74. The van der Waals surface area contributed by atoms with Gasteiger partial charge in [0, 0.05) is 16.8 Å². The molecule has 0 atom stereocenters. The fraction of sp³-hybridized carbons (Fsp3) is 0.133. The number of aromatic nitrogens is 1. The quantitative estimate of drug-likeness (QED) is 0.327. The molecule has 0 unspecified atom stereocenters. The van der Waals surface area contributed by atoms with E-state index in [0.717, 1.165) is 17.8 Å². The molecule has 2 rings (SSSR count). The molecule has 5 nitrogen and oxygen atoms in total. The summed E-state index contributed by atoms with van der Waals surface area (Å²) in [5, 5.41) is 4.22. The Bertz CT molecular complexity index is 829. The number of hydrazone groups is 1. The van der Waals surface area contributed by atoms with Gasteiger partial charge in [-0.25, -0.2) is 10.4 Å². The lowest BCUT2D eigenvalue weighted by Gasteiger charge is -2.08. The first kappa shape index (κ1) is 20.3. The number of carbonyl (C=O) groups excluding carboxylic acids is 1. The summed E-state index contributed by atoms with van der Waals surface area (Å²) in [6.07, 6.45) is -3.84. The van der Waals surface area contributed by atoms with E-state index in [9.17, 15) is 18.0 Å². The molecule has 2 aromatic rings. The van der Waals surface area contributed by atoms with Crippen molar-refractivity contribution in [3.05, 3.63) is 57.7 Å². The van der Waals surface area contributed by atoms with Gasteiger partial charge in [0.05, 0.1) is 16.3 Å². The third-order valence-electron chi connectivity index (χ3n) is 2.90. The molecule has 0 bridgehead atoms. The Morgan fingerprint density at radius 3 is 2.50 bits per heavy atom. The number of carbonyl (C=O) groups is 1. The number of thioether (sulfide) groups is 1. The van der Waals surface area contributed by atoms with E-state index >= 15 is 0 Å². The Labute approximate surface area is 160 Å². The first-order valence-electron chi connectivity index (χ1n) is 6.90. The maximum absolute atomic E-state index is 12.6. The van der Waals surface area contributed by atoms with Gasteiger partial charge in [0.1, 0.15) is 10.9 Å². The molecular formula is C15H11Cl2F3N4OS. The molecule has 11 heteroatoms. The maximum atomic E-state index is 12.6. The van der Waals surface area contributed by atoms with E-state index in [1.165, 1.54) is 12.1 Å². The third-order valence-corrected chi connectivity index (χ3v) is 4.59. The number of amides is 1. The smallest absolute Gasteiger partial charge is 0.385 e. The summed E-state index contributed by atoms with van der Waals surface area (Å²) < 4.78 is 37.7. The summed E-state index contributed by atoms with van der Waals surface area (Å²) in [6, 6.07) is 6.93. The molecular weight excluding hydrogens is 412 g/mol. The molecule has 0 aliphatic heterocycles. The van der Waals surface area contributed by atoms with Crippen LogP contribution in [0.2, 0.25) is 10.0 Å². The monoisotopic (exact) mass is 422 g/mol. The molecule has 0 saturated heterocycles. The molecule has 1 heterocycles. The number of amidine groups is 1. The number of hydrogen-bond donors (Lipinski definition) is 2. The van der Waals surface area contributed by atoms with E-state index in [0.29, 0.717) is 16.8 Å². The Balaban J connectivity index is 1.93. The minimum absolute atomic E-state index is 0.0371. The van der Waals surface area contributed by atoms with Crippen LogP contribution < -0.4 is 11.2 Å². The van der Waals surface area contributed by atoms with E-state index < -0.39 is 17.6 Å². The van der Waals surface area contributed by atoms with Gasteiger partial charge < -0.3 is 5.73 Å². The summed E-state index contributed by atoms with van der Waals surface area (Å²) in [7, 11) is 0. The van der Waals surface area contributed by atoms with Crippen LogP contribution in [0.15, 0.2) is 46.7 Å². The van der Waals surface area contributed by atoms with Gasteiger partial charge in [-0.15, -0.1) is 0 Å². The van der Waals surface area contributed by atoms with Crippen molar-refractivity contribution in [2.75, 3.05) is 5.75 Å². The SMILES string of the molecule is NC(CSc1ncc(C(F)(F)F)cc1Cl)=NNC(=O)c1ccc(Cl)cc1. The average Bonchev–Trinajstić information content (AvgIpc) is 2.58. The molecule has 26 heavy (non-hydrogen) atoms. The van der Waals surface area contributed by atoms with Crippen molar-refractivity contribution < 1.29 is 18.0 Å². The molecule has 0 spiro atoms. The van der Waals surface area contributed by atoms with Crippen LogP contribution in [0, 0.1) is 0 Å². The molecule has 138 valence electrons. The predicted octanol–water partition coefficient (Wildman–Crippen LogP) is 4.20. The maximum Gasteiger partial charge on any atom is 0.417 e. The fourth-order valence-corrected chi connectivity index (χ4v) is 2.78. The number of halogens is 5. The highest BCUT2D eigenvalue weighted by atomic mass is 35.5. The van der Waals surface area contributed by atoms with E-state index in [-0.39, 0.29) is 21.6 Å². The predicted molar refractivity (Wildman–Crippen MR) is 95.5 cm³/mol. The number of nitrogens with two attached hydrogens (primary N) is 1. The zero-order valence-electron chi connectivity index (χ0n) is 12.8. The zero-order chi connectivity index (χ0) is 19.3. The zero-order valence-corrected chi connectivity index (χ0v) is 15.2. The van der Waals surface area contributed by atoms with Crippen molar-refractivity contribution in [2.45, 2.75) is 11.2 Å². The van der Waals surface area contributed by atoms with Gasteiger partial charge in [-0.1, -0.05) is 35.0 Å². The minimum Gasteiger partial charge on any atom is -0.385 e. The van der Waals surface area contributed by atoms with Crippen molar-refractivity contribution in [2.24, 2.45) is 10.8 Å². The highest BCUT2D eigenvalue weighted by Gasteiger charge is 2.31. The molecule has 1 aromatic heterocycles. The number of nitrogens with zero attached hydrogens (tertiary/aromatic N) is 2. The summed E-state index contributed by atoms with van der Waals surface area (Å²) >= 11 is 12.5. The number of alkyl halides is 3. The van der Waals surface area contributed by atoms with Crippen molar-refractivity contribution in [1.29, 1.82) is 0 Å². The van der Waals surface area contributed by atoms with Gasteiger partial charge in [0.15, 0.2) is 0 Å². The van der Waals surface area contributed by atoms with Crippen LogP contribution >= 0.6 is 35.0 Å². The van der Waals surface area contributed by atoms with Crippen LogP contribution in [0.3, 0.4) is 0 Å². The van der Waals surface area contributed by atoms with Crippen molar-refractivity contribution >= 4 is 46.7 Å². The number of benzene rings is 1. The Hall–Kier alpha value is -1.97. The number of hydrogen-bond acceptors (Lipinski definition) is 4. The summed E-state index contributed by atoms with van der Waals surface area (Å²) in [4.78, 5) is 15.5. The molecule has 0 radical (unpaired) electrons. The molecule has 0 saturated carbocycles. The van der Waals surface area contributed by atoms with Gasteiger partial charge in [0.25, 0.3) is 5.91 Å². The highest BCUT2D eigenvalue weighted by Crippen LogP contribution is 2.33.